The van der Waals surface area contributed by atoms with E-state index in [9.17, 15) is 17.3 Å². The molecule has 0 spiro atoms. The van der Waals surface area contributed by atoms with E-state index in [1.54, 1.807) is 6.92 Å². The molecule has 1 aromatic carbocycles. The molecule has 0 aliphatic rings. The molecule has 94 valence electrons. The van der Waals surface area contributed by atoms with Gasteiger partial charge in [0.1, 0.15) is 12.4 Å². The Hall–Kier alpha value is 0.471. The first-order valence-electron chi connectivity index (χ1n) is 4.72. The average Bonchev–Trinajstić information content (AvgIpc) is 2.25. The molecule has 0 unspecified atom stereocenters. The fraction of sp³-hybridized carbons (Fsp3) is 0.200. The minimum absolute atomic E-state index is 0. The molecule has 0 saturated heterocycles. The molecule has 1 nitrogen and oxygen atoms in total. The van der Waals surface area contributed by atoms with Gasteiger partial charge in [0.25, 0.3) is 0 Å². The summed E-state index contributed by atoms with van der Waals surface area (Å²) in [5.41, 5.74) is 0.700. The first-order chi connectivity index (χ1) is 7.84. The van der Waals surface area contributed by atoms with Crippen molar-refractivity contribution in [2.75, 3.05) is 6.61 Å². The van der Waals surface area contributed by atoms with Crippen LogP contribution >= 0.6 is 11.6 Å². The molecule has 0 atom stereocenters. The van der Waals surface area contributed by atoms with Crippen LogP contribution < -0.4 is 61.6 Å². The summed E-state index contributed by atoms with van der Waals surface area (Å²) >= 11 is 5.35. The maximum absolute atomic E-state index is 12.8. The molecule has 0 amide bonds. The minimum Gasteiger partial charge on any atom is -0.492 e. The first-order valence-corrected chi connectivity index (χ1v) is 5.16. The van der Waals surface area contributed by atoms with Gasteiger partial charge >= 0.3 is 58.4 Å². The van der Waals surface area contributed by atoms with Gasteiger partial charge in [0.05, 0.1) is 5.75 Å². The topological polar surface area (TPSA) is 9.23 Å². The van der Waals surface area contributed by atoms with Gasteiger partial charge in [-0.15, -0.1) is 0 Å². The third-order valence-electron chi connectivity index (χ3n) is 1.97. The average molecular weight is 307 g/mol. The summed E-state index contributed by atoms with van der Waals surface area (Å²) in [5, 5.41) is 0. The van der Waals surface area contributed by atoms with Gasteiger partial charge in [-0.1, -0.05) is 17.1 Å². The fourth-order valence-electron chi connectivity index (χ4n) is 1.13. The van der Waals surface area contributed by atoms with Crippen LogP contribution in [0.15, 0.2) is 29.3 Å². The van der Waals surface area contributed by atoms with Crippen LogP contribution in [0, 0.1) is 5.82 Å². The molecule has 8 heteroatoms. The number of ether oxygens (including phenoxy) is 1. The molecule has 0 N–H and O–H groups in total. The van der Waals surface area contributed by atoms with E-state index in [1.807, 2.05) is 0 Å². The van der Waals surface area contributed by atoms with Crippen LogP contribution in [0.2, 0.25) is 0 Å². The van der Waals surface area contributed by atoms with Crippen molar-refractivity contribution < 1.29 is 73.5 Å². The van der Waals surface area contributed by atoms with Gasteiger partial charge in [0.2, 0.25) is 0 Å². The zero-order valence-electron chi connectivity index (χ0n) is 9.89. The molecule has 0 heterocycles. The van der Waals surface area contributed by atoms with E-state index in [0.29, 0.717) is 11.6 Å². The Labute approximate surface area is 150 Å². The number of hydrogen-bond acceptors (Lipinski definition) is 1. The first kappa shape index (κ1) is 18.5. The largest absolute Gasteiger partial charge is 1.00 e. The van der Waals surface area contributed by atoms with Crippen molar-refractivity contribution in [2.45, 2.75) is 6.92 Å². The Bertz CT molecular complexity index is 436. The molecule has 1 rings (SSSR count). The van der Waals surface area contributed by atoms with Crippen LogP contribution in [-0.4, -0.2) is 13.6 Å². The molecule has 0 aliphatic carbocycles. The molecule has 0 radical (unpaired) electrons. The van der Waals surface area contributed by atoms with E-state index < -0.39 is 24.0 Å². The van der Waals surface area contributed by atoms with Gasteiger partial charge in [0.15, 0.2) is 0 Å². The van der Waals surface area contributed by atoms with Crippen molar-refractivity contribution >= 4 is 24.0 Å². The Balaban J connectivity index is 0.00000289. The van der Waals surface area contributed by atoms with Crippen molar-refractivity contribution in [2.24, 2.45) is 0 Å². The van der Waals surface area contributed by atoms with Crippen molar-refractivity contribution in [1.82, 2.24) is 0 Å². The van der Waals surface area contributed by atoms with E-state index >= 15 is 0 Å². The molecular formula is C10H9BClF4KO. The van der Waals surface area contributed by atoms with Gasteiger partial charge < -0.3 is 17.7 Å². The number of hydrogen-bond donors (Lipinski definition) is 0. The summed E-state index contributed by atoms with van der Waals surface area (Å²) in [6.45, 7) is -3.78. The number of rotatable bonds is 4. The van der Waals surface area contributed by atoms with Crippen molar-refractivity contribution in [3.8, 4) is 5.75 Å². The van der Waals surface area contributed by atoms with Crippen molar-refractivity contribution in [1.29, 1.82) is 0 Å². The Morgan fingerprint density at radius 1 is 1.39 bits per heavy atom. The molecule has 0 fully saturated rings. The predicted octanol–water partition coefficient (Wildman–Crippen LogP) is 0.405. The van der Waals surface area contributed by atoms with Crippen LogP contribution in [0.1, 0.15) is 6.92 Å². The number of halogens is 5. The van der Waals surface area contributed by atoms with Crippen molar-refractivity contribution in [3.05, 3.63) is 35.1 Å². The van der Waals surface area contributed by atoms with E-state index in [4.69, 9.17) is 16.3 Å². The Morgan fingerprint density at radius 2 is 2.00 bits per heavy atom. The summed E-state index contributed by atoms with van der Waals surface area (Å²) in [7, 11) is 0. The molecule has 1 aromatic rings. The molecule has 18 heavy (non-hydrogen) atoms. The third-order valence-corrected chi connectivity index (χ3v) is 2.34. The summed E-state index contributed by atoms with van der Waals surface area (Å²) in [4.78, 5) is 0. The van der Waals surface area contributed by atoms with Gasteiger partial charge in [-0.05, 0) is 30.7 Å². The van der Waals surface area contributed by atoms with E-state index in [0.717, 1.165) is 12.1 Å². The van der Waals surface area contributed by atoms with Crippen LogP contribution in [0.4, 0.5) is 17.3 Å². The monoisotopic (exact) mass is 306 g/mol. The number of benzene rings is 1. The van der Waals surface area contributed by atoms with Crippen LogP contribution in [0.3, 0.4) is 0 Å². The maximum atomic E-state index is 12.8. The van der Waals surface area contributed by atoms with E-state index in [1.165, 1.54) is 5.54 Å². The van der Waals surface area contributed by atoms with Crippen LogP contribution in [0.25, 0.3) is 0 Å². The molecular weight excluding hydrogens is 297 g/mol. The molecule has 0 aliphatic heterocycles. The zero-order valence-corrected chi connectivity index (χ0v) is 13.8. The second kappa shape index (κ2) is 7.92. The quantitative estimate of drug-likeness (QED) is 0.578. The summed E-state index contributed by atoms with van der Waals surface area (Å²) in [5.74, 6) is -1.34. The SMILES string of the molecule is C/C(=C/Cl)COc1ccc(F)cc1[B-](F)(F)F.[K+]. The van der Waals surface area contributed by atoms with Gasteiger partial charge in [0, 0.05) is 5.54 Å². The second-order valence-corrected chi connectivity index (χ2v) is 3.72. The van der Waals surface area contributed by atoms with Gasteiger partial charge in [-0.25, -0.2) is 4.39 Å². The molecule has 0 aromatic heterocycles. The summed E-state index contributed by atoms with van der Waals surface area (Å²) in [6.07, 6.45) is 0. The Kier molecular flexibility index (Phi) is 8.12. The predicted molar refractivity (Wildman–Crippen MR) is 60.2 cm³/mol. The minimum atomic E-state index is -5.31. The standard InChI is InChI=1S/C10H9BClF4O.K/c1-7(5-12)6-17-10-3-2-8(13)4-9(10)11(14,15)16;/h2-5H,6H2,1H3;/q-1;+1/b7-5-;. The fourth-order valence-corrected chi connectivity index (χ4v) is 1.19. The maximum Gasteiger partial charge on any atom is 1.00 e. The smallest absolute Gasteiger partial charge is 0.492 e. The normalized spacial score (nSPS) is 12.0. The van der Waals surface area contributed by atoms with Crippen molar-refractivity contribution in [3.63, 3.8) is 0 Å². The van der Waals surface area contributed by atoms with Gasteiger partial charge in [-0.2, -0.15) is 0 Å². The zero-order chi connectivity index (χ0) is 13.1. The van der Waals surface area contributed by atoms with Gasteiger partial charge in [-0.3, -0.25) is 0 Å². The van der Waals surface area contributed by atoms with Crippen LogP contribution in [0.5, 0.6) is 5.75 Å². The third kappa shape index (κ3) is 5.63. The summed E-state index contributed by atoms with van der Waals surface area (Å²) < 4.78 is 55.5. The molecule has 0 bridgehead atoms. The van der Waals surface area contributed by atoms with E-state index in [-0.39, 0.29) is 58.0 Å². The van der Waals surface area contributed by atoms with Crippen LogP contribution in [-0.2, 0) is 0 Å². The Morgan fingerprint density at radius 3 is 2.50 bits per heavy atom. The second-order valence-electron chi connectivity index (χ2n) is 3.50. The summed E-state index contributed by atoms with van der Waals surface area (Å²) in [6, 6.07) is 2.30. The van der Waals surface area contributed by atoms with E-state index in [2.05, 4.69) is 0 Å². The molecule has 0 saturated carbocycles.